The number of piperazine rings is 1. The van der Waals surface area contributed by atoms with Crippen LogP contribution in [0, 0.1) is 5.82 Å². The molecule has 1 N–H and O–H groups in total. The lowest BCUT2D eigenvalue weighted by atomic mass is 10.0. The molecule has 0 bridgehead atoms. The smallest absolute Gasteiger partial charge is 0.316 e. The number of anilines is 1. The van der Waals surface area contributed by atoms with Crippen molar-refractivity contribution in [3.05, 3.63) is 99.7 Å². The van der Waals surface area contributed by atoms with Crippen molar-refractivity contribution in [1.82, 2.24) is 20.0 Å². The molecule has 1 saturated heterocycles. The summed E-state index contributed by atoms with van der Waals surface area (Å²) in [4.78, 5) is 40.6. The van der Waals surface area contributed by atoms with Crippen molar-refractivity contribution in [3.63, 3.8) is 0 Å². The second-order valence-electron chi connectivity index (χ2n) is 9.89. The van der Waals surface area contributed by atoms with Gasteiger partial charge in [0.15, 0.2) is 0 Å². The Kier molecular flexibility index (Phi) is 8.53. The van der Waals surface area contributed by atoms with E-state index in [1.807, 2.05) is 17.0 Å². The van der Waals surface area contributed by atoms with E-state index in [1.54, 1.807) is 66.6 Å². The number of benzene rings is 3. The molecule has 1 aliphatic heterocycles. The molecule has 4 aromatic rings. The number of aromatic nitrogens is 2. The van der Waals surface area contributed by atoms with Crippen LogP contribution in [-0.2, 0) is 16.1 Å². The quantitative estimate of drug-likeness (QED) is 0.333. The van der Waals surface area contributed by atoms with Gasteiger partial charge >= 0.3 is 5.56 Å². The number of halogens is 2. The van der Waals surface area contributed by atoms with Gasteiger partial charge in [0.1, 0.15) is 17.3 Å². The zero-order valence-electron chi connectivity index (χ0n) is 23.1. The summed E-state index contributed by atoms with van der Waals surface area (Å²) in [6.07, 6.45) is 1.60. The van der Waals surface area contributed by atoms with E-state index in [2.05, 4.69) is 10.4 Å². The van der Waals surface area contributed by atoms with Gasteiger partial charge in [-0.2, -0.15) is 9.78 Å². The van der Waals surface area contributed by atoms with Gasteiger partial charge in [-0.15, -0.1) is 0 Å². The number of carbonyl (C=O) groups excluding carboxylic acids is 2. The Morgan fingerprint density at radius 2 is 1.62 bits per heavy atom. The molecule has 1 aromatic heterocycles. The van der Waals surface area contributed by atoms with E-state index < -0.39 is 11.4 Å². The maximum absolute atomic E-state index is 14.3. The largest absolute Gasteiger partial charge is 0.449 e. The summed E-state index contributed by atoms with van der Waals surface area (Å²) >= 11 is 6.04. The van der Waals surface area contributed by atoms with Gasteiger partial charge in [0.25, 0.3) is 0 Å². The molecule has 5 rings (SSSR count). The minimum Gasteiger partial charge on any atom is -0.449 e. The van der Waals surface area contributed by atoms with Gasteiger partial charge in [-0.25, -0.2) is 4.39 Å². The number of ether oxygens (including phenoxy) is 1. The van der Waals surface area contributed by atoms with Crippen molar-refractivity contribution in [2.45, 2.75) is 20.4 Å². The summed E-state index contributed by atoms with van der Waals surface area (Å²) < 4.78 is 21.7. The number of nitrogens with zero attached hydrogens (tertiary/aromatic N) is 4. The van der Waals surface area contributed by atoms with Crippen molar-refractivity contribution in [3.8, 4) is 28.3 Å². The van der Waals surface area contributed by atoms with Gasteiger partial charge < -0.3 is 19.9 Å². The fourth-order valence-corrected chi connectivity index (χ4v) is 4.85. The highest BCUT2D eigenvalue weighted by molar-refractivity contribution is 6.30. The molecule has 0 aliphatic carbocycles. The van der Waals surface area contributed by atoms with E-state index in [1.165, 1.54) is 17.7 Å². The van der Waals surface area contributed by atoms with Crippen molar-refractivity contribution in [1.29, 1.82) is 0 Å². The number of rotatable bonds is 7. The Balaban J connectivity index is 1.46. The van der Waals surface area contributed by atoms with Gasteiger partial charge in [0.05, 0.1) is 11.9 Å². The van der Waals surface area contributed by atoms with Crippen LogP contribution >= 0.6 is 11.6 Å². The van der Waals surface area contributed by atoms with Crippen LogP contribution in [0.3, 0.4) is 0 Å². The number of amides is 2. The third-order valence-corrected chi connectivity index (χ3v) is 7.28. The predicted octanol–water partition coefficient (Wildman–Crippen LogP) is 4.79. The molecular formula is C31H29ClFN5O4. The molecule has 1 fully saturated rings. The fraction of sp³-hybridized carbons (Fsp3) is 0.226. The normalized spacial score (nSPS) is 13.1. The van der Waals surface area contributed by atoms with Gasteiger partial charge in [-0.3, -0.25) is 14.4 Å². The van der Waals surface area contributed by atoms with Crippen LogP contribution in [0.25, 0.3) is 16.8 Å². The molecular weight excluding hydrogens is 561 g/mol. The van der Waals surface area contributed by atoms with Crippen molar-refractivity contribution in [2.75, 3.05) is 31.1 Å². The van der Waals surface area contributed by atoms with E-state index in [9.17, 15) is 18.8 Å². The first kappa shape index (κ1) is 28.8. The highest BCUT2D eigenvalue weighted by Gasteiger charge is 2.25. The summed E-state index contributed by atoms with van der Waals surface area (Å²) in [7, 11) is 0. The maximum Gasteiger partial charge on any atom is 0.316 e. The zero-order valence-corrected chi connectivity index (χ0v) is 23.9. The molecule has 2 amide bonds. The lowest BCUT2D eigenvalue weighted by Crippen LogP contribution is -2.48. The molecule has 9 nitrogen and oxygen atoms in total. The van der Waals surface area contributed by atoms with Crippen LogP contribution in [0.15, 0.2) is 77.7 Å². The van der Waals surface area contributed by atoms with Crippen molar-refractivity contribution < 1.29 is 18.7 Å². The Morgan fingerprint density at radius 1 is 0.952 bits per heavy atom. The lowest BCUT2D eigenvalue weighted by molar-refractivity contribution is -0.129. The van der Waals surface area contributed by atoms with Crippen molar-refractivity contribution in [2.24, 2.45) is 0 Å². The Morgan fingerprint density at radius 3 is 2.26 bits per heavy atom. The standard InChI is InChI=1S/C31H29ClFN5O4/c1-20(39)34-18-24-17-23(5-12-28(24)33)22-3-10-27(11-4-22)42-30-29(37-15-13-36(14-16-37)21(2)40)19-35-38(31(30)41)26-8-6-25(32)7-9-26/h3-12,17,19H,13-16,18H2,1-2H3,(H,34,39). The Labute approximate surface area is 247 Å². The molecule has 2 heterocycles. The lowest BCUT2D eigenvalue weighted by Gasteiger charge is -2.35. The molecule has 0 atom stereocenters. The predicted molar refractivity (Wildman–Crippen MR) is 159 cm³/mol. The van der Waals surface area contributed by atoms with Crippen LogP contribution in [0.2, 0.25) is 5.02 Å². The summed E-state index contributed by atoms with van der Waals surface area (Å²) in [6, 6.07) is 18.6. The molecule has 0 radical (unpaired) electrons. The first-order valence-corrected chi connectivity index (χ1v) is 13.8. The average molecular weight is 590 g/mol. The molecule has 0 spiro atoms. The topological polar surface area (TPSA) is 96.8 Å². The second kappa shape index (κ2) is 12.4. The maximum atomic E-state index is 14.3. The van der Waals surface area contributed by atoms with Gasteiger partial charge in [0, 0.05) is 57.2 Å². The van der Waals surface area contributed by atoms with E-state index in [4.69, 9.17) is 16.3 Å². The first-order chi connectivity index (χ1) is 20.2. The SMILES string of the molecule is CC(=O)NCc1cc(-c2ccc(Oc3c(N4CCN(C(C)=O)CC4)cnn(-c4ccc(Cl)cc4)c3=O)cc2)ccc1F. The van der Waals surface area contributed by atoms with E-state index in [0.29, 0.717) is 53.9 Å². The Hall–Kier alpha value is -4.70. The number of hydrogen-bond acceptors (Lipinski definition) is 6. The molecule has 3 aromatic carbocycles. The number of nitrogens with one attached hydrogen (secondary N) is 1. The van der Waals surface area contributed by atoms with Crippen LogP contribution in [0.1, 0.15) is 19.4 Å². The minimum atomic E-state index is -0.450. The summed E-state index contributed by atoms with van der Waals surface area (Å²) in [5, 5.41) is 7.56. The van der Waals surface area contributed by atoms with Crippen LogP contribution in [0.5, 0.6) is 11.5 Å². The van der Waals surface area contributed by atoms with E-state index in [0.717, 1.165) is 11.1 Å². The third-order valence-electron chi connectivity index (χ3n) is 7.03. The van der Waals surface area contributed by atoms with Gasteiger partial charge in [0.2, 0.25) is 17.6 Å². The summed E-state index contributed by atoms with van der Waals surface area (Å²) in [6.45, 7) is 5.08. The van der Waals surface area contributed by atoms with Crippen LogP contribution in [-0.4, -0.2) is 52.7 Å². The van der Waals surface area contributed by atoms with Gasteiger partial charge in [-0.1, -0.05) is 29.8 Å². The molecule has 42 heavy (non-hydrogen) atoms. The monoisotopic (exact) mass is 589 g/mol. The highest BCUT2D eigenvalue weighted by Crippen LogP contribution is 2.31. The summed E-state index contributed by atoms with van der Waals surface area (Å²) in [5.74, 6) is -0.116. The second-order valence-corrected chi connectivity index (χ2v) is 10.3. The van der Waals surface area contributed by atoms with E-state index >= 15 is 0 Å². The van der Waals surface area contributed by atoms with E-state index in [-0.39, 0.29) is 24.1 Å². The summed E-state index contributed by atoms with van der Waals surface area (Å²) in [5.41, 5.74) is 2.55. The third kappa shape index (κ3) is 6.44. The first-order valence-electron chi connectivity index (χ1n) is 13.4. The van der Waals surface area contributed by atoms with Crippen LogP contribution < -0.4 is 20.5 Å². The molecule has 1 aliphatic rings. The molecule has 11 heteroatoms. The van der Waals surface area contributed by atoms with Crippen molar-refractivity contribution >= 4 is 29.1 Å². The minimum absolute atomic E-state index is 0.00545. The highest BCUT2D eigenvalue weighted by atomic mass is 35.5. The molecule has 0 unspecified atom stereocenters. The average Bonchev–Trinajstić information content (AvgIpc) is 2.99. The van der Waals surface area contributed by atoms with Gasteiger partial charge in [-0.05, 0) is 59.7 Å². The number of carbonyl (C=O) groups is 2. The number of hydrogen-bond donors (Lipinski definition) is 1. The zero-order chi connectivity index (χ0) is 29.8. The molecule has 0 saturated carbocycles. The Bertz CT molecular complexity index is 1670. The fourth-order valence-electron chi connectivity index (χ4n) is 4.72. The van der Waals surface area contributed by atoms with Crippen LogP contribution in [0.4, 0.5) is 10.1 Å². The molecule has 216 valence electrons.